The minimum Gasteiger partial charge on any atom is -0.333 e. The Morgan fingerprint density at radius 1 is 1.65 bits per heavy atom. The molecule has 1 aromatic heterocycles. The van der Waals surface area contributed by atoms with Gasteiger partial charge in [-0.3, -0.25) is 9.89 Å². The van der Waals surface area contributed by atoms with Gasteiger partial charge in [-0.2, -0.15) is 5.10 Å². The molecule has 0 saturated carbocycles. The molecule has 1 unspecified atom stereocenters. The summed E-state index contributed by atoms with van der Waals surface area (Å²) in [6, 6.07) is 2.12. The zero-order valence-corrected chi connectivity index (χ0v) is 10.5. The summed E-state index contributed by atoms with van der Waals surface area (Å²) in [5, 5.41) is 10.0. The molecule has 2 rings (SSSR count). The molecule has 0 bridgehead atoms. The summed E-state index contributed by atoms with van der Waals surface area (Å²) in [5.41, 5.74) is 1.46. The maximum atomic E-state index is 12.3. The minimum absolute atomic E-state index is 0.0503. The topological polar surface area (TPSA) is 61.0 Å². The van der Waals surface area contributed by atoms with Crippen molar-refractivity contribution >= 4 is 5.91 Å². The molecule has 5 heteroatoms. The van der Waals surface area contributed by atoms with Crippen molar-refractivity contribution in [2.45, 2.75) is 32.2 Å². The highest BCUT2D eigenvalue weighted by Crippen LogP contribution is 2.18. The van der Waals surface area contributed by atoms with Crippen molar-refractivity contribution in [3.8, 4) is 0 Å². The van der Waals surface area contributed by atoms with Crippen LogP contribution in [0.2, 0.25) is 0 Å². The summed E-state index contributed by atoms with van der Waals surface area (Å²) >= 11 is 0. The van der Waals surface area contributed by atoms with E-state index in [0.717, 1.165) is 31.6 Å². The normalized spacial score (nSPS) is 20.6. The number of nitrogens with one attached hydrogen (secondary N) is 2. The second kappa shape index (κ2) is 5.31. The molecule has 5 nitrogen and oxygen atoms in total. The van der Waals surface area contributed by atoms with Gasteiger partial charge in [0.1, 0.15) is 5.69 Å². The molecule has 0 aromatic carbocycles. The number of piperidine rings is 1. The number of likely N-dealkylation sites (N-methyl/N-ethyl adjacent to an activating group) is 1. The fourth-order valence-corrected chi connectivity index (χ4v) is 2.39. The summed E-state index contributed by atoms with van der Waals surface area (Å²) in [5.74, 6) is 0.0503. The van der Waals surface area contributed by atoms with Gasteiger partial charge in [-0.1, -0.05) is 0 Å². The summed E-state index contributed by atoms with van der Waals surface area (Å²) in [4.78, 5) is 14.3. The molecule has 1 atom stereocenters. The third-order valence-electron chi connectivity index (χ3n) is 3.25. The quantitative estimate of drug-likeness (QED) is 0.821. The maximum Gasteiger partial charge on any atom is 0.274 e. The Morgan fingerprint density at radius 3 is 3.12 bits per heavy atom. The van der Waals surface area contributed by atoms with Crippen molar-refractivity contribution in [2.75, 3.05) is 20.1 Å². The Hall–Kier alpha value is -1.36. The second-order valence-corrected chi connectivity index (χ2v) is 4.64. The minimum atomic E-state index is 0.0503. The van der Waals surface area contributed by atoms with Gasteiger partial charge in [-0.05, 0) is 39.3 Å². The third-order valence-corrected chi connectivity index (χ3v) is 3.25. The lowest BCUT2D eigenvalue weighted by atomic mass is 10.0. The van der Waals surface area contributed by atoms with E-state index in [9.17, 15) is 4.79 Å². The summed E-state index contributed by atoms with van der Waals surface area (Å²) in [6.45, 7) is 3.61. The van der Waals surface area contributed by atoms with Gasteiger partial charge in [0.15, 0.2) is 0 Å². The molecule has 0 radical (unpaired) electrons. The van der Waals surface area contributed by atoms with Crippen molar-refractivity contribution in [1.82, 2.24) is 20.4 Å². The first-order valence-electron chi connectivity index (χ1n) is 6.20. The van der Waals surface area contributed by atoms with Gasteiger partial charge in [0.2, 0.25) is 0 Å². The third kappa shape index (κ3) is 2.66. The average molecular weight is 236 g/mol. The highest BCUT2D eigenvalue weighted by atomic mass is 16.2. The Kier molecular flexibility index (Phi) is 3.78. The number of aryl methyl sites for hydroxylation is 1. The van der Waals surface area contributed by atoms with E-state index in [1.165, 1.54) is 6.42 Å². The number of aromatic amines is 1. The van der Waals surface area contributed by atoms with E-state index in [-0.39, 0.29) is 5.91 Å². The van der Waals surface area contributed by atoms with Crippen LogP contribution in [-0.2, 0) is 0 Å². The molecule has 1 aliphatic heterocycles. The first kappa shape index (κ1) is 12.1. The van der Waals surface area contributed by atoms with Gasteiger partial charge in [0, 0.05) is 24.8 Å². The van der Waals surface area contributed by atoms with Crippen LogP contribution >= 0.6 is 0 Å². The van der Waals surface area contributed by atoms with E-state index in [0.29, 0.717) is 11.7 Å². The van der Waals surface area contributed by atoms with Gasteiger partial charge in [-0.25, -0.2) is 0 Å². The first-order valence-corrected chi connectivity index (χ1v) is 6.20. The molecule has 1 aromatic rings. The zero-order chi connectivity index (χ0) is 12.3. The fraction of sp³-hybridized carbons (Fsp3) is 0.667. The van der Waals surface area contributed by atoms with Crippen molar-refractivity contribution in [3.63, 3.8) is 0 Å². The largest absolute Gasteiger partial charge is 0.333 e. The molecular weight excluding hydrogens is 216 g/mol. The standard InChI is InChI=1S/C12H20N4O/c1-9-7-11(15-14-9)12(17)16-6-4-3-5-10(16)8-13-2/h7,10,13H,3-6,8H2,1-2H3,(H,14,15). The molecule has 2 heterocycles. The highest BCUT2D eigenvalue weighted by molar-refractivity contribution is 5.92. The van der Waals surface area contributed by atoms with Crippen molar-refractivity contribution in [2.24, 2.45) is 0 Å². The van der Waals surface area contributed by atoms with Crippen LogP contribution in [0.1, 0.15) is 35.4 Å². The van der Waals surface area contributed by atoms with Crippen LogP contribution in [0.25, 0.3) is 0 Å². The average Bonchev–Trinajstić information content (AvgIpc) is 2.76. The molecule has 1 aliphatic rings. The van der Waals surface area contributed by atoms with Crippen LogP contribution in [0.3, 0.4) is 0 Å². The van der Waals surface area contributed by atoms with Gasteiger partial charge in [0.25, 0.3) is 5.91 Å². The van der Waals surface area contributed by atoms with E-state index >= 15 is 0 Å². The van der Waals surface area contributed by atoms with Gasteiger partial charge < -0.3 is 10.2 Å². The SMILES string of the molecule is CNCC1CCCCN1C(=O)c1cc(C)[nH]n1. The summed E-state index contributed by atoms with van der Waals surface area (Å²) < 4.78 is 0. The first-order chi connectivity index (χ1) is 8.22. The Morgan fingerprint density at radius 2 is 2.47 bits per heavy atom. The van der Waals surface area contributed by atoms with Gasteiger partial charge >= 0.3 is 0 Å². The van der Waals surface area contributed by atoms with Crippen molar-refractivity contribution < 1.29 is 4.79 Å². The van der Waals surface area contributed by atoms with Crippen LogP contribution in [0.15, 0.2) is 6.07 Å². The molecule has 1 fully saturated rings. The van der Waals surface area contributed by atoms with Gasteiger partial charge in [0.05, 0.1) is 0 Å². The molecule has 0 aliphatic carbocycles. The molecule has 94 valence electrons. The van der Waals surface area contributed by atoms with Crippen molar-refractivity contribution in [3.05, 3.63) is 17.5 Å². The lowest BCUT2D eigenvalue weighted by molar-refractivity contribution is 0.0609. The molecular formula is C12H20N4O. The Bertz CT molecular complexity index is 386. The molecule has 1 saturated heterocycles. The monoisotopic (exact) mass is 236 g/mol. The van der Waals surface area contributed by atoms with Crippen LogP contribution in [0, 0.1) is 6.92 Å². The number of carbonyl (C=O) groups is 1. The Balaban J connectivity index is 2.10. The van der Waals surface area contributed by atoms with Crippen molar-refractivity contribution in [1.29, 1.82) is 0 Å². The van der Waals surface area contributed by atoms with Crippen LogP contribution in [0.5, 0.6) is 0 Å². The van der Waals surface area contributed by atoms with Crippen LogP contribution in [-0.4, -0.2) is 47.2 Å². The Labute approximate surface area is 102 Å². The molecule has 1 amide bonds. The summed E-state index contributed by atoms with van der Waals surface area (Å²) in [6.07, 6.45) is 3.38. The number of nitrogens with zero attached hydrogens (tertiary/aromatic N) is 2. The lowest BCUT2D eigenvalue weighted by Gasteiger charge is -2.35. The number of H-pyrrole nitrogens is 1. The van der Waals surface area contributed by atoms with E-state index < -0.39 is 0 Å². The predicted molar refractivity (Wildman–Crippen MR) is 65.9 cm³/mol. The smallest absolute Gasteiger partial charge is 0.274 e. The molecule has 17 heavy (non-hydrogen) atoms. The van der Waals surface area contributed by atoms with E-state index in [4.69, 9.17) is 0 Å². The number of hydrogen-bond acceptors (Lipinski definition) is 3. The number of rotatable bonds is 3. The van der Waals surface area contributed by atoms with Crippen LogP contribution in [0.4, 0.5) is 0 Å². The van der Waals surface area contributed by atoms with E-state index in [2.05, 4.69) is 15.5 Å². The number of amides is 1. The van der Waals surface area contributed by atoms with Gasteiger partial charge in [-0.15, -0.1) is 0 Å². The fourth-order valence-electron chi connectivity index (χ4n) is 2.39. The summed E-state index contributed by atoms with van der Waals surface area (Å²) in [7, 11) is 1.93. The lowest BCUT2D eigenvalue weighted by Crippen LogP contribution is -2.48. The number of likely N-dealkylation sites (tertiary alicyclic amines) is 1. The van der Waals surface area contributed by atoms with Crippen LogP contribution < -0.4 is 5.32 Å². The predicted octanol–water partition coefficient (Wildman–Crippen LogP) is 0.932. The van der Waals surface area contributed by atoms with E-state index in [1.54, 1.807) is 0 Å². The highest BCUT2D eigenvalue weighted by Gasteiger charge is 2.27. The molecule has 0 spiro atoms. The second-order valence-electron chi connectivity index (χ2n) is 4.64. The van der Waals surface area contributed by atoms with E-state index in [1.807, 2.05) is 24.9 Å². The number of hydrogen-bond donors (Lipinski definition) is 2. The number of aromatic nitrogens is 2. The molecule has 2 N–H and O–H groups in total. The zero-order valence-electron chi connectivity index (χ0n) is 10.5. The number of carbonyl (C=O) groups excluding carboxylic acids is 1. The maximum absolute atomic E-state index is 12.3.